The van der Waals surface area contributed by atoms with Crippen molar-refractivity contribution in [1.82, 2.24) is 9.78 Å². The van der Waals surface area contributed by atoms with E-state index in [4.69, 9.17) is 4.74 Å². The second kappa shape index (κ2) is 6.06. The van der Waals surface area contributed by atoms with Crippen LogP contribution in [-0.2, 0) is 19.9 Å². The van der Waals surface area contributed by atoms with Gasteiger partial charge in [-0.25, -0.2) is 4.39 Å². The van der Waals surface area contributed by atoms with Gasteiger partial charge in [-0.05, 0) is 33.1 Å². The van der Waals surface area contributed by atoms with Crippen LogP contribution in [0.2, 0.25) is 0 Å². The third-order valence-electron chi connectivity index (χ3n) is 4.33. The highest BCUT2D eigenvalue weighted by Crippen LogP contribution is 2.37. The second-order valence-corrected chi connectivity index (χ2v) is 6.87. The molecular weight excluding hydrogens is 371 g/mol. The molecule has 0 unspecified atom stereocenters. The van der Waals surface area contributed by atoms with E-state index in [0.717, 1.165) is 16.7 Å². The minimum atomic E-state index is -0.196. The summed E-state index contributed by atoms with van der Waals surface area (Å²) in [6, 6.07) is 10.2. The first-order chi connectivity index (χ1) is 11.6. The molecule has 0 radical (unpaired) electrons. The number of nitrogens with zero attached hydrogens (tertiary/aromatic N) is 2. The van der Waals surface area contributed by atoms with E-state index >= 15 is 0 Å². The number of benzene rings is 2. The van der Waals surface area contributed by atoms with Crippen LogP contribution in [0.4, 0.5) is 4.39 Å². The molecule has 0 bridgehead atoms. The third kappa shape index (κ3) is 2.73. The Bertz CT molecular complexity index is 902. The molecule has 0 fully saturated rings. The molecule has 4 rings (SSSR count). The zero-order valence-electron chi connectivity index (χ0n) is 13.2. The van der Waals surface area contributed by atoms with Gasteiger partial charge in [0.15, 0.2) is 0 Å². The first-order valence-electron chi connectivity index (χ1n) is 7.82. The quantitative estimate of drug-likeness (QED) is 0.661. The summed E-state index contributed by atoms with van der Waals surface area (Å²) >= 11 is 3.32. The Kier molecular flexibility index (Phi) is 3.88. The number of hydrogen-bond acceptors (Lipinski definition) is 2. The first-order valence-corrected chi connectivity index (χ1v) is 8.61. The Morgan fingerprint density at radius 2 is 2.04 bits per heavy atom. The van der Waals surface area contributed by atoms with Crippen molar-refractivity contribution in [2.45, 2.75) is 12.8 Å². The molecule has 1 aliphatic rings. The molecule has 0 spiro atoms. The number of fused-ring (bicyclic) bond motifs is 1. The molecule has 24 heavy (non-hydrogen) atoms. The number of hydrogen-bond donors (Lipinski definition) is 0. The van der Waals surface area contributed by atoms with Gasteiger partial charge in [-0.2, -0.15) is 5.10 Å². The molecule has 122 valence electrons. The molecule has 5 heteroatoms. The van der Waals surface area contributed by atoms with Crippen molar-refractivity contribution < 1.29 is 9.13 Å². The van der Waals surface area contributed by atoms with E-state index in [1.54, 1.807) is 4.68 Å². The zero-order chi connectivity index (χ0) is 16.7. The predicted molar refractivity (Wildman–Crippen MR) is 94.7 cm³/mol. The summed E-state index contributed by atoms with van der Waals surface area (Å²) in [7, 11) is 1.91. The van der Waals surface area contributed by atoms with Gasteiger partial charge in [0, 0.05) is 42.8 Å². The first kappa shape index (κ1) is 15.4. The molecule has 0 amide bonds. The molecule has 0 saturated heterocycles. The van der Waals surface area contributed by atoms with E-state index in [9.17, 15) is 4.39 Å². The Morgan fingerprint density at radius 3 is 2.75 bits per heavy atom. The molecule has 1 aliphatic heterocycles. The second-order valence-electron chi connectivity index (χ2n) is 6.01. The SMILES string of the molecule is Cn1cc(-c2ccc(Cc3cc(Br)c(F)c4c3OCC4)cc2)cn1. The van der Waals surface area contributed by atoms with Gasteiger partial charge in [0.2, 0.25) is 0 Å². The van der Waals surface area contributed by atoms with Crippen LogP contribution in [-0.4, -0.2) is 16.4 Å². The monoisotopic (exact) mass is 386 g/mol. The summed E-state index contributed by atoms with van der Waals surface area (Å²) in [6.45, 7) is 0.551. The highest BCUT2D eigenvalue weighted by molar-refractivity contribution is 9.10. The smallest absolute Gasteiger partial charge is 0.144 e. The van der Waals surface area contributed by atoms with Crippen LogP contribution < -0.4 is 4.74 Å². The van der Waals surface area contributed by atoms with Crippen molar-refractivity contribution in [3.8, 4) is 16.9 Å². The van der Waals surface area contributed by atoms with Crippen LogP contribution in [0.1, 0.15) is 16.7 Å². The van der Waals surface area contributed by atoms with Crippen LogP contribution >= 0.6 is 15.9 Å². The average molecular weight is 387 g/mol. The zero-order valence-corrected chi connectivity index (χ0v) is 14.8. The maximum Gasteiger partial charge on any atom is 0.144 e. The van der Waals surface area contributed by atoms with E-state index in [2.05, 4.69) is 45.3 Å². The topological polar surface area (TPSA) is 27.1 Å². The lowest BCUT2D eigenvalue weighted by Crippen LogP contribution is -1.96. The van der Waals surface area contributed by atoms with Crippen LogP contribution in [0.25, 0.3) is 11.1 Å². The van der Waals surface area contributed by atoms with Crippen molar-refractivity contribution in [3.63, 3.8) is 0 Å². The van der Waals surface area contributed by atoms with E-state index in [-0.39, 0.29) is 5.82 Å². The van der Waals surface area contributed by atoms with Gasteiger partial charge in [-0.3, -0.25) is 4.68 Å². The molecule has 0 aliphatic carbocycles. The van der Waals surface area contributed by atoms with Gasteiger partial charge in [0.05, 0.1) is 17.3 Å². The van der Waals surface area contributed by atoms with Gasteiger partial charge in [0.1, 0.15) is 11.6 Å². The van der Waals surface area contributed by atoms with Crippen molar-refractivity contribution in [2.75, 3.05) is 6.61 Å². The van der Waals surface area contributed by atoms with E-state index in [0.29, 0.717) is 35.2 Å². The third-order valence-corrected chi connectivity index (χ3v) is 4.90. The fourth-order valence-electron chi connectivity index (χ4n) is 3.11. The van der Waals surface area contributed by atoms with Crippen molar-refractivity contribution in [1.29, 1.82) is 0 Å². The molecule has 2 heterocycles. The number of rotatable bonds is 3. The van der Waals surface area contributed by atoms with Gasteiger partial charge in [0.25, 0.3) is 0 Å². The Labute approximate surface area is 148 Å². The molecule has 2 aromatic carbocycles. The van der Waals surface area contributed by atoms with E-state index < -0.39 is 0 Å². The summed E-state index contributed by atoms with van der Waals surface area (Å²) in [5, 5.41) is 4.20. The van der Waals surface area contributed by atoms with Crippen molar-refractivity contribution in [3.05, 3.63) is 69.7 Å². The van der Waals surface area contributed by atoms with Gasteiger partial charge < -0.3 is 4.74 Å². The highest BCUT2D eigenvalue weighted by Gasteiger charge is 2.23. The lowest BCUT2D eigenvalue weighted by atomic mass is 9.99. The van der Waals surface area contributed by atoms with Crippen LogP contribution in [0.5, 0.6) is 5.75 Å². The number of halogens is 2. The molecule has 0 saturated carbocycles. The minimum Gasteiger partial charge on any atom is -0.493 e. The molecule has 0 atom stereocenters. The molecule has 3 aromatic rings. The lowest BCUT2D eigenvalue weighted by Gasteiger charge is -2.11. The largest absolute Gasteiger partial charge is 0.493 e. The number of aryl methyl sites for hydroxylation is 1. The van der Waals surface area contributed by atoms with Crippen LogP contribution in [0.15, 0.2) is 47.2 Å². The molecule has 0 N–H and O–H groups in total. The predicted octanol–water partition coefficient (Wildman–Crippen LogP) is 4.51. The lowest BCUT2D eigenvalue weighted by molar-refractivity contribution is 0.354. The standard InChI is InChI=1S/C19H16BrFN2O/c1-23-11-15(10-22-23)13-4-2-12(3-5-13)8-14-9-17(20)18(21)16-6-7-24-19(14)16/h2-5,9-11H,6-8H2,1H3. The Balaban J connectivity index is 1.62. The maximum atomic E-state index is 14.1. The number of ether oxygens (including phenoxy) is 1. The van der Waals surface area contributed by atoms with Gasteiger partial charge >= 0.3 is 0 Å². The highest BCUT2D eigenvalue weighted by atomic mass is 79.9. The van der Waals surface area contributed by atoms with Crippen LogP contribution in [0.3, 0.4) is 0 Å². The van der Waals surface area contributed by atoms with Gasteiger partial charge in [-0.15, -0.1) is 0 Å². The van der Waals surface area contributed by atoms with Crippen LogP contribution in [0, 0.1) is 5.82 Å². The Hall–Kier alpha value is -2.14. The van der Waals surface area contributed by atoms with Crippen molar-refractivity contribution >= 4 is 15.9 Å². The molecular formula is C19H16BrFN2O. The fourth-order valence-corrected chi connectivity index (χ4v) is 3.63. The Morgan fingerprint density at radius 1 is 1.25 bits per heavy atom. The molecule has 1 aromatic heterocycles. The van der Waals surface area contributed by atoms with Crippen molar-refractivity contribution in [2.24, 2.45) is 7.05 Å². The van der Waals surface area contributed by atoms with E-state index in [1.807, 2.05) is 25.5 Å². The van der Waals surface area contributed by atoms with E-state index in [1.165, 1.54) is 5.56 Å². The summed E-state index contributed by atoms with van der Waals surface area (Å²) in [6.07, 6.45) is 5.20. The summed E-state index contributed by atoms with van der Waals surface area (Å²) in [5.41, 5.74) is 5.10. The van der Waals surface area contributed by atoms with Gasteiger partial charge in [-0.1, -0.05) is 24.3 Å². The number of aromatic nitrogens is 2. The average Bonchev–Trinajstić information content (AvgIpc) is 3.22. The molecule has 3 nitrogen and oxygen atoms in total. The summed E-state index contributed by atoms with van der Waals surface area (Å²) in [5.74, 6) is 0.519. The summed E-state index contributed by atoms with van der Waals surface area (Å²) in [4.78, 5) is 0. The summed E-state index contributed by atoms with van der Waals surface area (Å²) < 4.78 is 22.1. The normalized spacial score (nSPS) is 13.0. The minimum absolute atomic E-state index is 0.196. The fraction of sp³-hybridized carbons (Fsp3) is 0.211. The maximum absolute atomic E-state index is 14.1.